The first-order valence-electron chi connectivity index (χ1n) is 13.8. The summed E-state index contributed by atoms with van der Waals surface area (Å²) < 4.78 is 5.35. The lowest BCUT2D eigenvalue weighted by molar-refractivity contribution is -0.132. The summed E-state index contributed by atoms with van der Waals surface area (Å²) in [6.07, 6.45) is 2.58. The third-order valence-corrected chi connectivity index (χ3v) is 6.66. The van der Waals surface area contributed by atoms with Gasteiger partial charge in [0, 0.05) is 31.2 Å². The van der Waals surface area contributed by atoms with Crippen molar-refractivity contribution < 1.29 is 23.9 Å². The van der Waals surface area contributed by atoms with Crippen LogP contribution in [0.3, 0.4) is 0 Å². The Kier molecular flexibility index (Phi) is 11.0. The second-order valence-electron chi connectivity index (χ2n) is 9.94. The van der Waals surface area contributed by atoms with Crippen molar-refractivity contribution in [2.75, 3.05) is 0 Å². The van der Waals surface area contributed by atoms with E-state index >= 15 is 0 Å². The van der Waals surface area contributed by atoms with Crippen molar-refractivity contribution in [2.45, 2.75) is 44.0 Å². The summed E-state index contributed by atoms with van der Waals surface area (Å²) in [6.45, 7) is 0.0240. The van der Waals surface area contributed by atoms with E-state index < -0.39 is 41.9 Å². The summed E-state index contributed by atoms with van der Waals surface area (Å²) in [5.74, 6) is -1.94. The predicted molar refractivity (Wildman–Crippen MR) is 159 cm³/mol. The summed E-state index contributed by atoms with van der Waals surface area (Å²) in [4.78, 5) is 58.9. The Morgan fingerprint density at radius 3 is 1.65 bits per heavy atom. The first-order valence-corrected chi connectivity index (χ1v) is 13.8. The molecule has 222 valence electrons. The van der Waals surface area contributed by atoms with E-state index in [9.17, 15) is 19.2 Å². The van der Waals surface area contributed by atoms with Crippen molar-refractivity contribution in [3.63, 3.8) is 0 Å². The number of carbonyl (C=O) groups excluding carboxylic acids is 4. The van der Waals surface area contributed by atoms with E-state index in [0.29, 0.717) is 5.69 Å². The zero-order chi connectivity index (χ0) is 30.4. The first kappa shape index (κ1) is 30.5. The number of benzene rings is 3. The van der Waals surface area contributed by atoms with Gasteiger partial charge in [0.2, 0.25) is 17.7 Å². The van der Waals surface area contributed by atoms with Crippen molar-refractivity contribution in [1.82, 2.24) is 25.9 Å². The molecule has 1 aromatic heterocycles. The number of hydrogen-bond acceptors (Lipinski definition) is 6. The van der Waals surface area contributed by atoms with Gasteiger partial charge in [0.1, 0.15) is 24.7 Å². The van der Waals surface area contributed by atoms with E-state index in [1.807, 2.05) is 91.0 Å². The van der Waals surface area contributed by atoms with Crippen LogP contribution < -0.4 is 21.7 Å². The van der Waals surface area contributed by atoms with Crippen LogP contribution >= 0.6 is 0 Å². The minimum atomic E-state index is -1.08. The molecule has 0 saturated heterocycles. The van der Waals surface area contributed by atoms with Gasteiger partial charge < -0.3 is 31.4 Å². The smallest absolute Gasteiger partial charge is 0.408 e. The van der Waals surface area contributed by atoms with E-state index in [4.69, 9.17) is 10.5 Å². The molecule has 6 N–H and O–H groups in total. The number of alkyl carbamates (subject to hydrolysis) is 1. The molecule has 0 spiro atoms. The molecule has 1 heterocycles. The maximum atomic E-state index is 13.7. The molecule has 0 fully saturated rings. The highest BCUT2D eigenvalue weighted by molar-refractivity contribution is 5.94. The Morgan fingerprint density at radius 2 is 1.16 bits per heavy atom. The second-order valence-corrected chi connectivity index (χ2v) is 9.94. The normalized spacial score (nSPS) is 12.7. The minimum absolute atomic E-state index is 0.0240. The van der Waals surface area contributed by atoms with Gasteiger partial charge in [0.25, 0.3) is 0 Å². The average Bonchev–Trinajstić information content (AvgIpc) is 3.54. The fourth-order valence-corrected chi connectivity index (χ4v) is 4.41. The molecule has 3 aromatic carbocycles. The lowest BCUT2D eigenvalue weighted by Crippen LogP contribution is -2.57. The fraction of sp³-hybridized carbons (Fsp3) is 0.219. The molecular formula is C32H34N6O5. The van der Waals surface area contributed by atoms with Gasteiger partial charge >= 0.3 is 6.09 Å². The summed E-state index contributed by atoms with van der Waals surface area (Å²) in [5, 5.41) is 8.08. The third-order valence-electron chi connectivity index (χ3n) is 6.66. The molecule has 4 rings (SSSR count). The van der Waals surface area contributed by atoms with E-state index in [2.05, 4.69) is 25.9 Å². The zero-order valence-corrected chi connectivity index (χ0v) is 23.4. The Morgan fingerprint density at radius 1 is 0.674 bits per heavy atom. The van der Waals surface area contributed by atoms with Crippen molar-refractivity contribution in [3.8, 4) is 0 Å². The molecule has 0 bridgehead atoms. The topological polar surface area (TPSA) is 168 Å². The molecule has 0 aliphatic carbocycles. The third kappa shape index (κ3) is 9.85. The number of aromatic nitrogens is 2. The van der Waals surface area contributed by atoms with E-state index in [-0.39, 0.29) is 25.9 Å². The number of rotatable bonds is 14. The summed E-state index contributed by atoms with van der Waals surface area (Å²) in [6, 6.07) is 24.2. The number of imidazole rings is 1. The monoisotopic (exact) mass is 582 g/mol. The highest BCUT2D eigenvalue weighted by Gasteiger charge is 2.30. The molecule has 43 heavy (non-hydrogen) atoms. The van der Waals surface area contributed by atoms with E-state index in [0.717, 1.165) is 16.7 Å². The SMILES string of the molecule is NC(=O)[C@H](Cc1cnc[nH]1)NC(=O)[C@H](Cc1ccccc1)NC(=O)[C@@H](Cc1ccccc1)NC(=O)OCc1ccccc1. The lowest BCUT2D eigenvalue weighted by Gasteiger charge is -2.25. The minimum Gasteiger partial charge on any atom is -0.445 e. The molecule has 0 saturated carbocycles. The molecule has 0 radical (unpaired) electrons. The molecule has 0 aliphatic rings. The van der Waals surface area contributed by atoms with Crippen LogP contribution in [-0.2, 0) is 45.0 Å². The average molecular weight is 583 g/mol. The largest absolute Gasteiger partial charge is 0.445 e. The zero-order valence-electron chi connectivity index (χ0n) is 23.4. The Labute approximate surface area is 249 Å². The van der Waals surface area contributed by atoms with Crippen LogP contribution in [0.1, 0.15) is 22.4 Å². The standard InChI is InChI=1S/C32H34N6O5/c33-29(39)26(18-25-19-34-21-35-25)36-30(40)27(16-22-10-4-1-5-11-22)37-31(41)28(17-23-12-6-2-7-13-23)38-32(42)43-20-24-14-8-3-9-15-24/h1-15,19,21,26-28H,16-18,20H2,(H2,33,39)(H,34,35)(H,36,40)(H,37,41)(H,38,42)/t26-,27-,28+/m0/s1. The fourth-order valence-electron chi connectivity index (χ4n) is 4.41. The Balaban J connectivity index is 1.50. The number of H-pyrrole nitrogens is 1. The first-order chi connectivity index (χ1) is 20.9. The van der Waals surface area contributed by atoms with Gasteiger partial charge in [-0.05, 0) is 16.7 Å². The van der Waals surface area contributed by atoms with Crippen LogP contribution in [-0.4, -0.2) is 51.9 Å². The molecule has 4 amide bonds. The van der Waals surface area contributed by atoms with Crippen LogP contribution in [0.4, 0.5) is 4.79 Å². The van der Waals surface area contributed by atoms with Gasteiger partial charge in [-0.15, -0.1) is 0 Å². The maximum Gasteiger partial charge on any atom is 0.408 e. The molecule has 4 aromatic rings. The highest BCUT2D eigenvalue weighted by Crippen LogP contribution is 2.09. The Bertz CT molecular complexity index is 1470. The molecule has 0 unspecified atom stereocenters. The van der Waals surface area contributed by atoms with Crippen molar-refractivity contribution in [2.24, 2.45) is 5.73 Å². The van der Waals surface area contributed by atoms with Crippen molar-refractivity contribution in [3.05, 3.63) is 126 Å². The number of aromatic amines is 1. The van der Waals surface area contributed by atoms with Gasteiger partial charge in [0.05, 0.1) is 6.33 Å². The number of nitrogens with one attached hydrogen (secondary N) is 4. The molecular weight excluding hydrogens is 548 g/mol. The van der Waals surface area contributed by atoms with Crippen molar-refractivity contribution in [1.29, 1.82) is 0 Å². The number of ether oxygens (including phenoxy) is 1. The Hall–Kier alpha value is -5.45. The van der Waals surface area contributed by atoms with Gasteiger partial charge in [-0.25, -0.2) is 9.78 Å². The van der Waals surface area contributed by atoms with Gasteiger partial charge in [-0.2, -0.15) is 0 Å². The summed E-state index contributed by atoms with van der Waals surface area (Å²) in [7, 11) is 0. The number of primary amides is 1. The number of hydrogen-bond donors (Lipinski definition) is 5. The second kappa shape index (κ2) is 15.5. The number of amides is 4. The van der Waals surface area contributed by atoms with Crippen LogP contribution in [0, 0.1) is 0 Å². The van der Waals surface area contributed by atoms with Gasteiger partial charge in [-0.3, -0.25) is 14.4 Å². The van der Waals surface area contributed by atoms with Gasteiger partial charge in [-0.1, -0.05) is 91.0 Å². The van der Waals surface area contributed by atoms with Crippen LogP contribution in [0.2, 0.25) is 0 Å². The molecule has 3 atom stereocenters. The summed E-state index contributed by atoms with van der Waals surface area (Å²) in [5.41, 5.74) is 8.55. The molecule has 11 nitrogen and oxygen atoms in total. The number of carbonyl (C=O) groups is 4. The van der Waals surface area contributed by atoms with Crippen LogP contribution in [0.15, 0.2) is 104 Å². The van der Waals surface area contributed by atoms with Crippen LogP contribution in [0.25, 0.3) is 0 Å². The van der Waals surface area contributed by atoms with E-state index in [1.54, 1.807) is 0 Å². The van der Waals surface area contributed by atoms with Crippen LogP contribution in [0.5, 0.6) is 0 Å². The highest BCUT2D eigenvalue weighted by atomic mass is 16.5. The number of nitrogens with zero attached hydrogens (tertiary/aromatic N) is 1. The maximum absolute atomic E-state index is 13.7. The number of nitrogens with two attached hydrogens (primary N) is 1. The quantitative estimate of drug-likeness (QED) is 0.153. The predicted octanol–water partition coefficient (Wildman–Crippen LogP) is 2.19. The summed E-state index contributed by atoms with van der Waals surface area (Å²) >= 11 is 0. The molecule has 0 aliphatic heterocycles. The van der Waals surface area contributed by atoms with E-state index in [1.165, 1.54) is 12.5 Å². The lowest BCUT2D eigenvalue weighted by atomic mass is 10.0. The van der Waals surface area contributed by atoms with Gasteiger partial charge in [0.15, 0.2) is 0 Å². The molecule has 11 heteroatoms. The van der Waals surface area contributed by atoms with Crippen molar-refractivity contribution >= 4 is 23.8 Å².